The van der Waals surface area contributed by atoms with E-state index in [0.717, 1.165) is 12.1 Å². The molecule has 0 aliphatic carbocycles. The van der Waals surface area contributed by atoms with Crippen LogP contribution in [0.5, 0.6) is 5.75 Å². The summed E-state index contributed by atoms with van der Waals surface area (Å²) in [5, 5.41) is 12.6. The standard InChI is InChI=1S/C19H19BrF3N3O3/c1-18(2,28)12-9-26(10-12)16-15(20)7-11(8-24-16)17(27)25-13-3-5-14(6-4-13)29-19(21,22)23/h3-8,12,28H,9-10H2,1-2H3,(H,25,27). The second-order valence-electron chi connectivity index (χ2n) is 7.31. The Bertz CT molecular complexity index is 892. The number of rotatable bonds is 5. The Balaban J connectivity index is 1.62. The molecule has 0 bridgehead atoms. The highest BCUT2D eigenvalue weighted by atomic mass is 79.9. The van der Waals surface area contributed by atoms with E-state index in [1.54, 1.807) is 19.9 Å². The minimum Gasteiger partial charge on any atom is -0.406 e. The molecule has 1 fully saturated rings. The monoisotopic (exact) mass is 473 g/mol. The summed E-state index contributed by atoms with van der Waals surface area (Å²) in [4.78, 5) is 18.7. The quantitative estimate of drug-likeness (QED) is 0.680. The third-order valence-electron chi connectivity index (χ3n) is 4.61. The van der Waals surface area contributed by atoms with Crippen molar-refractivity contribution in [3.63, 3.8) is 0 Å². The minimum absolute atomic E-state index is 0.142. The summed E-state index contributed by atoms with van der Waals surface area (Å²) in [7, 11) is 0. The molecular formula is C19H19BrF3N3O3. The Morgan fingerprint density at radius 1 is 1.28 bits per heavy atom. The molecule has 2 aromatic rings. The van der Waals surface area contributed by atoms with E-state index in [2.05, 4.69) is 31.0 Å². The van der Waals surface area contributed by atoms with E-state index in [0.29, 0.717) is 29.1 Å². The van der Waals surface area contributed by atoms with E-state index in [1.807, 2.05) is 4.90 Å². The summed E-state index contributed by atoms with van der Waals surface area (Å²) in [6, 6.07) is 6.47. The molecule has 0 spiro atoms. The zero-order valence-electron chi connectivity index (χ0n) is 15.6. The molecule has 1 aliphatic rings. The molecule has 6 nitrogen and oxygen atoms in total. The number of halogens is 4. The number of amides is 1. The third-order valence-corrected chi connectivity index (χ3v) is 5.19. The lowest BCUT2D eigenvalue weighted by Gasteiger charge is -2.46. The van der Waals surface area contributed by atoms with Gasteiger partial charge >= 0.3 is 6.36 Å². The van der Waals surface area contributed by atoms with Gasteiger partial charge in [-0.2, -0.15) is 0 Å². The fourth-order valence-electron chi connectivity index (χ4n) is 2.83. The first-order valence-corrected chi connectivity index (χ1v) is 9.52. The molecule has 0 radical (unpaired) electrons. The van der Waals surface area contributed by atoms with Crippen LogP contribution >= 0.6 is 15.9 Å². The van der Waals surface area contributed by atoms with E-state index in [9.17, 15) is 23.1 Å². The van der Waals surface area contributed by atoms with Crippen molar-refractivity contribution in [2.45, 2.75) is 25.8 Å². The van der Waals surface area contributed by atoms with Crippen LogP contribution in [0.2, 0.25) is 0 Å². The molecule has 1 aliphatic heterocycles. The van der Waals surface area contributed by atoms with Crippen molar-refractivity contribution in [1.29, 1.82) is 0 Å². The molecule has 1 aromatic heterocycles. The molecule has 2 heterocycles. The number of alkyl halides is 3. The molecule has 0 unspecified atom stereocenters. The number of carbonyl (C=O) groups excluding carboxylic acids is 1. The zero-order chi connectivity index (χ0) is 21.4. The fraction of sp³-hybridized carbons (Fsp3) is 0.368. The van der Waals surface area contributed by atoms with Gasteiger partial charge in [-0.25, -0.2) is 4.98 Å². The molecule has 1 amide bonds. The lowest BCUT2D eigenvalue weighted by molar-refractivity contribution is -0.274. The summed E-state index contributed by atoms with van der Waals surface area (Å²) >= 11 is 3.41. The summed E-state index contributed by atoms with van der Waals surface area (Å²) in [6.45, 7) is 4.86. The van der Waals surface area contributed by atoms with Gasteiger partial charge in [-0.1, -0.05) is 0 Å². The first kappa shape index (κ1) is 21.4. The molecule has 2 N–H and O–H groups in total. The van der Waals surface area contributed by atoms with E-state index >= 15 is 0 Å². The third kappa shape index (κ3) is 5.39. The number of anilines is 2. The van der Waals surface area contributed by atoms with E-state index in [-0.39, 0.29) is 17.2 Å². The average molecular weight is 474 g/mol. The van der Waals surface area contributed by atoms with Crippen molar-refractivity contribution in [1.82, 2.24) is 4.98 Å². The van der Waals surface area contributed by atoms with Crippen LogP contribution in [-0.4, -0.2) is 41.1 Å². The van der Waals surface area contributed by atoms with Gasteiger partial charge in [0.2, 0.25) is 0 Å². The number of ether oxygens (including phenoxy) is 1. The number of aromatic nitrogens is 1. The number of pyridine rings is 1. The van der Waals surface area contributed by atoms with Gasteiger partial charge in [-0.15, -0.1) is 13.2 Å². The van der Waals surface area contributed by atoms with Crippen LogP contribution in [0.25, 0.3) is 0 Å². The summed E-state index contributed by atoms with van der Waals surface area (Å²) < 4.78 is 41.0. The second-order valence-corrected chi connectivity index (χ2v) is 8.17. The fourth-order valence-corrected chi connectivity index (χ4v) is 3.43. The molecule has 10 heteroatoms. The van der Waals surface area contributed by atoms with Crippen LogP contribution in [0.15, 0.2) is 41.0 Å². The Hall–Kier alpha value is -2.33. The van der Waals surface area contributed by atoms with Crippen molar-refractivity contribution in [2.24, 2.45) is 5.92 Å². The first-order valence-electron chi connectivity index (χ1n) is 8.72. The van der Waals surface area contributed by atoms with Gasteiger partial charge in [-0.3, -0.25) is 4.79 Å². The number of nitrogens with zero attached hydrogens (tertiary/aromatic N) is 2. The zero-order valence-corrected chi connectivity index (χ0v) is 17.2. The number of aliphatic hydroxyl groups is 1. The van der Waals surface area contributed by atoms with Gasteiger partial charge in [-0.05, 0) is 60.1 Å². The molecule has 29 heavy (non-hydrogen) atoms. The maximum atomic E-state index is 12.4. The highest BCUT2D eigenvalue weighted by Gasteiger charge is 2.38. The van der Waals surface area contributed by atoms with E-state index in [4.69, 9.17) is 0 Å². The molecule has 156 valence electrons. The summed E-state index contributed by atoms with van der Waals surface area (Å²) in [6.07, 6.45) is -3.35. The predicted octanol–water partition coefficient (Wildman–Crippen LogP) is 4.20. The topological polar surface area (TPSA) is 74.7 Å². The number of hydrogen-bond acceptors (Lipinski definition) is 5. The van der Waals surface area contributed by atoms with E-state index in [1.165, 1.54) is 18.3 Å². The molecular weight excluding hydrogens is 455 g/mol. The summed E-state index contributed by atoms with van der Waals surface area (Å²) in [5.74, 6) is -0.00503. The minimum atomic E-state index is -4.77. The highest BCUT2D eigenvalue weighted by Crippen LogP contribution is 2.34. The van der Waals surface area contributed by atoms with Crippen LogP contribution in [0.3, 0.4) is 0 Å². The van der Waals surface area contributed by atoms with Crippen molar-refractivity contribution in [3.8, 4) is 5.75 Å². The van der Waals surface area contributed by atoms with Gasteiger partial charge in [0.25, 0.3) is 5.91 Å². The van der Waals surface area contributed by atoms with Crippen LogP contribution in [0.1, 0.15) is 24.2 Å². The largest absolute Gasteiger partial charge is 0.573 e. The number of benzene rings is 1. The van der Waals surface area contributed by atoms with Crippen molar-refractivity contribution >= 4 is 33.3 Å². The van der Waals surface area contributed by atoms with Crippen LogP contribution in [-0.2, 0) is 0 Å². The predicted molar refractivity (Wildman–Crippen MR) is 105 cm³/mol. The van der Waals surface area contributed by atoms with Gasteiger partial charge in [0.1, 0.15) is 11.6 Å². The molecule has 1 saturated heterocycles. The van der Waals surface area contributed by atoms with E-state index < -0.39 is 17.9 Å². The molecule has 0 atom stereocenters. The Labute approximate surface area is 173 Å². The number of carbonyl (C=O) groups is 1. The van der Waals surface area contributed by atoms with Gasteiger partial charge in [0, 0.05) is 30.9 Å². The van der Waals surface area contributed by atoms with Gasteiger partial charge in [0.05, 0.1) is 15.6 Å². The maximum absolute atomic E-state index is 12.4. The Morgan fingerprint density at radius 3 is 2.41 bits per heavy atom. The van der Waals surface area contributed by atoms with Crippen molar-refractivity contribution in [3.05, 3.63) is 46.6 Å². The Kier molecular flexibility index (Phi) is 5.77. The van der Waals surface area contributed by atoms with Gasteiger partial charge in [0.15, 0.2) is 0 Å². The lowest BCUT2D eigenvalue weighted by Crippen LogP contribution is -2.56. The second kappa shape index (κ2) is 7.83. The number of nitrogens with one attached hydrogen (secondary N) is 1. The lowest BCUT2D eigenvalue weighted by atomic mass is 9.84. The van der Waals surface area contributed by atoms with Gasteiger partial charge < -0.3 is 20.1 Å². The maximum Gasteiger partial charge on any atom is 0.573 e. The van der Waals surface area contributed by atoms with Crippen LogP contribution in [0.4, 0.5) is 24.7 Å². The smallest absolute Gasteiger partial charge is 0.406 e. The van der Waals surface area contributed by atoms with Crippen molar-refractivity contribution < 1.29 is 27.8 Å². The Morgan fingerprint density at radius 2 is 1.90 bits per heavy atom. The SMILES string of the molecule is CC(C)(O)C1CN(c2ncc(C(=O)Nc3ccc(OC(F)(F)F)cc3)cc2Br)C1. The van der Waals surface area contributed by atoms with Crippen LogP contribution < -0.4 is 15.0 Å². The average Bonchev–Trinajstić information content (AvgIpc) is 2.54. The van der Waals surface area contributed by atoms with Crippen LogP contribution in [0, 0.1) is 5.92 Å². The van der Waals surface area contributed by atoms with Crippen molar-refractivity contribution in [2.75, 3.05) is 23.3 Å². The first-order chi connectivity index (χ1) is 13.4. The normalized spacial score (nSPS) is 15.1. The number of hydrogen-bond donors (Lipinski definition) is 2. The summed E-state index contributed by atoms with van der Waals surface area (Å²) in [5.41, 5.74) is -0.153. The molecule has 3 rings (SSSR count). The molecule has 0 saturated carbocycles. The molecule has 1 aromatic carbocycles. The highest BCUT2D eigenvalue weighted by molar-refractivity contribution is 9.10.